The topological polar surface area (TPSA) is 26.3 Å². The van der Waals surface area contributed by atoms with Crippen LogP contribution in [-0.2, 0) is 9.53 Å². The third kappa shape index (κ3) is 9.51. The average Bonchev–Trinajstić information content (AvgIpc) is 2.23. The zero-order valence-corrected chi connectivity index (χ0v) is 10.3. The molecular formula is C13H24O2. The van der Waals surface area contributed by atoms with Crippen LogP contribution in [0.3, 0.4) is 0 Å². The number of hydrogen-bond acceptors (Lipinski definition) is 2. The molecule has 0 aromatic carbocycles. The van der Waals surface area contributed by atoms with E-state index in [0.717, 1.165) is 6.42 Å². The average molecular weight is 212 g/mol. The Morgan fingerprint density at radius 2 is 2.07 bits per heavy atom. The number of carbonyl (C=O) groups is 1. The molecule has 0 saturated carbocycles. The van der Waals surface area contributed by atoms with E-state index >= 15 is 0 Å². The fourth-order valence-electron chi connectivity index (χ4n) is 1.43. The van der Waals surface area contributed by atoms with Crippen LogP contribution in [-0.4, -0.2) is 13.1 Å². The Bertz CT molecular complexity index is 185. The molecule has 15 heavy (non-hydrogen) atoms. The highest BCUT2D eigenvalue weighted by atomic mass is 16.5. The van der Waals surface area contributed by atoms with Crippen molar-refractivity contribution < 1.29 is 9.53 Å². The molecule has 0 aromatic heterocycles. The monoisotopic (exact) mass is 212 g/mol. The number of hydrogen-bond donors (Lipinski definition) is 0. The molecule has 0 N–H and O–H groups in total. The van der Waals surface area contributed by atoms with Crippen LogP contribution in [0.5, 0.6) is 0 Å². The Hall–Kier alpha value is -0.790. The predicted molar refractivity (Wildman–Crippen MR) is 63.7 cm³/mol. The lowest BCUT2D eigenvalue weighted by molar-refractivity contribution is -0.141. The number of methoxy groups -OCH3 is 1. The Morgan fingerprint density at radius 3 is 2.67 bits per heavy atom. The number of unbranched alkanes of at least 4 members (excludes halogenated alkanes) is 4. The van der Waals surface area contributed by atoms with E-state index < -0.39 is 0 Å². The van der Waals surface area contributed by atoms with Crippen molar-refractivity contribution in [2.45, 2.75) is 52.4 Å². The van der Waals surface area contributed by atoms with Gasteiger partial charge in [-0.2, -0.15) is 0 Å². The molecule has 0 saturated heterocycles. The minimum atomic E-state index is -0.127. The van der Waals surface area contributed by atoms with Gasteiger partial charge in [0.05, 0.1) is 13.5 Å². The maximum absolute atomic E-state index is 10.9. The molecule has 0 aliphatic carbocycles. The molecule has 0 amide bonds. The SMILES string of the molecule is CCCCCC/C=C\C(C)CC(=O)OC. The first-order valence-electron chi connectivity index (χ1n) is 5.94. The molecule has 0 aliphatic rings. The van der Waals surface area contributed by atoms with E-state index in [1.165, 1.54) is 32.8 Å². The molecule has 0 rings (SSSR count). The first kappa shape index (κ1) is 14.2. The molecule has 2 heteroatoms. The Balaban J connectivity index is 3.45. The number of rotatable bonds is 8. The Morgan fingerprint density at radius 1 is 1.33 bits per heavy atom. The number of ether oxygens (including phenoxy) is 1. The van der Waals surface area contributed by atoms with Crippen molar-refractivity contribution >= 4 is 5.97 Å². The van der Waals surface area contributed by atoms with Crippen molar-refractivity contribution in [3.05, 3.63) is 12.2 Å². The molecule has 1 unspecified atom stereocenters. The van der Waals surface area contributed by atoms with Gasteiger partial charge in [-0.05, 0) is 18.8 Å². The number of allylic oxidation sites excluding steroid dienone is 2. The largest absolute Gasteiger partial charge is 0.469 e. The van der Waals surface area contributed by atoms with E-state index in [-0.39, 0.29) is 5.97 Å². The number of esters is 1. The van der Waals surface area contributed by atoms with Gasteiger partial charge >= 0.3 is 5.97 Å². The van der Waals surface area contributed by atoms with Crippen molar-refractivity contribution in [1.82, 2.24) is 0 Å². The zero-order valence-electron chi connectivity index (χ0n) is 10.3. The molecular weight excluding hydrogens is 188 g/mol. The molecule has 0 radical (unpaired) electrons. The van der Waals surface area contributed by atoms with Gasteiger partial charge in [-0.3, -0.25) is 4.79 Å². The van der Waals surface area contributed by atoms with E-state index in [2.05, 4.69) is 23.8 Å². The molecule has 0 aliphatic heterocycles. The number of carbonyl (C=O) groups excluding carboxylic acids is 1. The van der Waals surface area contributed by atoms with E-state index in [4.69, 9.17) is 0 Å². The molecule has 88 valence electrons. The minimum absolute atomic E-state index is 0.127. The summed E-state index contributed by atoms with van der Waals surface area (Å²) in [6.45, 7) is 4.26. The van der Waals surface area contributed by atoms with Crippen LogP contribution >= 0.6 is 0 Å². The van der Waals surface area contributed by atoms with Crippen LogP contribution in [0.1, 0.15) is 52.4 Å². The molecule has 1 atom stereocenters. The van der Waals surface area contributed by atoms with Gasteiger partial charge in [0.2, 0.25) is 0 Å². The van der Waals surface area contributed by atoms with Crippen molar-refractivity contribution in [1.29, 1.82) is 0 Å². The normalized spacial score (nSPS) is 13.0. The second kappa shape index (κ2) is 9.75. The van der Waals surface area contributed by atoms with Crippen molar-refractivity contribution in [2.24, 2.45) is 5.92 Å². The quantitative estimate of drug-likeness (QED) is 0.348. The summed E-state index contributed by atoms with van der Waals surface area (Å²) in [5.74, 6) is 0.168. The van der Waals surface area contributed by atoms with Gasteiger partial charge in [0.1, 0.15) is 0 Å². The summed E-state index contributed by atoms with van der Waals surface area (Å²) >= 11 is 0. The summed E-state index contributed by atoms with van der Waals surface area (Å²) in [7, 11) is 1.43. The highest BCUT2D eigenvalue weighted by Crippen LogP contribution is 2.08. The van der Waals surface area contributed by atoms with Crippen LogP contribution in [0.15, 0.2) is 12.2 Å². The van der Waals surface area contributed by atoms with Crippen molar-refractivity contribution in [3.8, 4) is 0 Å². The summed E-state index contributed by atoms with van der Waals surface area (Å²) < 4.78 is 4.61. The van der Waals surface area contributed by atoms with Crippen LogP contribution in [0.25, 0.3) is 0 Å². The van der Waals surface area contributed by atoms with Gasteiger partial charge in [0.15, 0.2) is 0 Å². The summed E-state index contributed by atoms with van der Waals surface area (Å²) in [5.41, 5.74) is 0. The maximum atomic E-state index is 10.9. The highest BCUT2D eigenvalue weighted by Gasteiger charge is 2.04. The summed E-state index contributed by atoms with van der Waals surface area (Å²) in [5, 5.41) is 0. The van der Waals surface area contributed by atoms with Crippen LogP contribution in [0.2, 0.25) is 0 Å². The van der Waals surface area contributed by atoms with E-state index in [1.54, 1.807) is 0 Å². The molecule has 2 nitrogen and oxygen atoms in total. The molecule has 0 fully saturated rings. The lowest BCUT2D eigenvalue weighted by atomic mass is 10.1. The van der Waals surface area contributed by atoms with E-state index in [1.807, 2.05) is 6.92 Å². The van der Waals surface area contributed by atoms with E-state index in [9.17, 15) is 4.79 Å². The Labute approximate surface area is 93.7 Å². The molecule has 0 bridgehead atoms. The summed E-state index contributed by atoms with van der Waals surface area (Å²) in [6, 6.07) is 0. The second-order valence-electron chi connectivity index (χ2n) is 4.04. The summed E-state index contributed by atoms with van der Waals surface area (Å²) in [4.78, 5) is 10.9. The van der Waals surface area contributed by atoms with Gasteiger partial charge in [0.25, 0.3) is 0 Å². The van der Waals surface area contributed by atoms with Crippen LogP contribution in [0, 0.1) is 5.92 Å². The van der Waals surface area contributed by atoms with Gasteiger partial charge < -0.3 is 4.74 Å². The van der Waals surface area contributed by atoms with Crippen LogP contribution < -0.4 is 0 Å². The highest BCUT2D eigenvalue weighted by molar-refractivity contribution is 5.69. The smallest absolute Gasteiger partial charge is 0.306 e. The standard InChI is InChI=1S/C13H24O2/c1-4-5-6-7-8-9-10-12(2)11-13(14)15-3/h9-10,12H,4-8,11H2,1-3H3/b10-9-. The lowest BCUT2D eigenvalue weighted by Gasteiger charge is -2.03. The van der Waals surface area contributed by atoms with Gasteiger partial charge in [0, 0.05) is 0 Å². The second-order valence-corrected chi connectivity index (χ2v) is 4.04. The fourth-order valence-corrected chi connectivity index (χ4v) is 1.43. The lowest BCUT2D eigenvalue weighted by Crippen LogP contribution is -2.04. The third-order valence-corrected chi connectivity index (χ3v) is 2.41. The van der Waals surface area contributed by atoms with Crippen molar-refractivity contribution in [2.75, 3.05) is 7.11 Å². The zero-order chi connectivity index (χ0) is 11.5. The van der Waals surface area contributed by atoms with Gasteiger partial charge in [-0.1, -0.05) is 45.3 Å². The first-order valence-corrected chi connectivity index (χ1v) is 5.94. The molecule has 0 heterocycles. The molecule has 0 aromatic rings. The molecule has 0 spiro atoms. The Kier molecular flexibility index (Phi) is 9.24. The summed E-state index contributed by atoms with van der Waals surface area (Å²) in [6.07, 6.45) is 11.1. The van der Waals surface area contributed by atoms with E-state index in [0.29, 0.717) is 12.3 Å². The van der Waals surface area contributed by atoms with Gasteiger partial charge in [-0.25, -0.2) is 0 Å². The fraction of sp³-hybridized carbons (Fsp3) is 0.769. The minimum Gasteiger partial charge on any atom is -0.469 e. The van der Waals surface area contributed by atoms with Crippen LogP contribution in [0.4, 0.5) is 0 Å². The van der Waals surface area contributed by atoms with Gasteiger partial charge in [-0.15, -0.1) is 0 Å². The maximum Gasteiger partial charge on any atom is 0.306 e. The first-order chi connectivity index (χ1) is 7.20. The van der Waals surface area contributed by atoms with Crippen molar-refractivity contribution in [3.63, 3.8) is 0 Å². The third-order valence-electron chi connectivity index (χ3n) is 2.41. The predicted octanol–water partition coefficient (Wildman–Crippen LogP) is 3.71.